The normalized spacial score (nSPS) is 10.5. The van der Waals surface area contributed by atoms with Crippen molar-refractivity contribution in [1.29, 1.82) is 0 Å². The van der Waals surface area contributed by atoms with Gasteiger partial charge in [0, 0.05) is 23.9 Å². The number of benzene rings is 1. The molecule has 0 aliphatic carbocycles. The highest BCUT2D eigenvalue weighted by Gasteiger charge is 2.00. The van der Waals surface area contributed by atoms with Gasteiger partial charge in [-0.2, -0.15) is 0 Å². The first-order chi connectivity index (χ1) is 9.29. The number of unbranched alkanes of at least 4 members (excludes halogenated alkanes) is 3. The fraction of sp³-hybridized carbons (Fsp3) is 0.333. The van der Waals surface area contributed by atoms with Gasteiger partial charge in [0.25, 0.3) is 0 Å². The molecule has 0 atom stereocenters. The maximum absolute atomic E-state index is 11.1. The zero-order valence-electron chi connectivity index (χ0n) is 10.6. The summed E-state index contributed by atoms with van der Waals surface area (Å²) in [5.41, 5.74) is 0.171. The number of rotatable bonds is 7. The van der Waals surface area contributed by atoms with Crippen molar-refractivity contribution >= 4 is 17.3 Å². The van der Waals surface area contributed by atoms with E-state index in [0.717, 1.165) is 30.9 Å². The summed E-state index contributed by atoms with van der Waals surface area (Å²) >= 11 is 0. The third kappa shape index (κ3) is 3.95. The first kappa shape index (κ1) is 13.3. The van der Waals surface area contributed by atoms with Crippen molar-refractivity contribution in [2.75, 3.05) is 6.61 Å². The summed E-state index contributed by atoms with van der Waals surface area (Å²) in [5.74, 6) is 0.692. The van der Waals surface area contributed by atoms with Crippen LogP contribution in [0.4, 0.5) is 0 Å². The van der Waals surface area contributed by atoms with Crippen LogP contribution in [0.15, 0.2) is 39.5 Å². The van der Waals surface area contributed by atoms with Crippen molar-refractivity contribution in [3.63, 3.8) is 0 Å². The topological polar surface area (TPSA) is 56.5 Å². The van der Waals surface area contributed by atoms with Crippen LogP contribution in [0.1, 0.15) is 25.7 Å². The average molecular weight is 260 g/mol. The predicted molar refractivity (Wildman–Crippen MR) is 72.5 cm³/mol. The first-order valence-corrected chi connectivity index (χ1v) is 6.40. The van der Waals surface area contributed by atoms with E-state index in [1.165, 1.54) is 6.07 Å². The van der Waals surface area contributed by atoms with Crippen molar-refractivity contribution in [2.24, 2.45) is 0 Å². The highest BCUT2D eigenvalue weighted by atomic mass is 16.5. The lowest BCUT2D eigenvalue weighted by atomic mass is 10.2. The van der Waals surface area contributed by atoms with Crippen LogP contribution >= 0.6 is 0 Å². The second-order valence-corrected chi connectivity index (χ2v) is 4.32. The van der Waals surface area contributed by atoms with E-state index in [2.05, 4.69) is 0 Å². The number of hydrogen-bond acceptors (Lipinski definition) is 4. The minimum atomic E-state index is -0.362. The number of carbonyl (C=O) groups is 1. The summed E-state index contributed by atoms with van der Waals surface area (Å²) in [6.45, 7) is 0.599. The standard InChI is InChI=1S/C15H16O4/c16-9-3-1-2-4-10-18-13-7-5-12-6-8-15(17)19-14(12)11-13/h5-9,11H,1-4,10H2. The van der Waals surface area contributed by atoms with Crippen LogP contribution in [0.25, 0.3) is 11.0 Å². The molecule has 0 amide bonds. The van der Waals surface area contributed by atoms with Gasteiger partial charge in [-0.25, -0.2) is 4.79 Å². The molecule has 1 heterocycles. The summed E-state index contributed by atoms with van der Waals surface area (Å²) < 4.78 is 10.7. The molecule has 0 radical (unpaired) electrons. The molecule has 0 N–H and O–H groups in total. The van der Waals surface area contributed by atoms with E-state index in [9.17, 15) is 9.59 Å². The van der Waals surface area contributed by atoms with E-state index in [4.69, 9.17) is 9.15 Å². The highest BCUT2D eigenvalue weighted by Crippen LogP contribution is 2.19. The third-order valence-corrected chi connectivity index (χ3v) is 2.83. The van der Waals surface area contributed by atoms with Crippen LogP contribution < -0.4 is 10.4 Å². The lowest BCUT2D eigenvalue weighted by Crippen LogP contribution is -1.98. The molecule has 0 unspecified atom stereocenters. The van der Waals surface area contributed by atoms with Crippen LogP contribution in [0, 0.1) is 0 Å². The number of carbonyl (C=O) groups excluding carboxylic acids is 1. The average Bonchev–Trinajstić information content (AvgIpc) is 2.42. The van der Waals surface area contributed by atoms with Gasteiger partial charge in [0.2, 0.25) is 0 Å². The van der Waals surface area contributed by atoms with Crippen LogP contribution in [-0.2, 0) is 4.79 Å². The minimum Gasteiger partial charge on any atom is -0.493 e. The van der Waals surface area contributed by atoms with E-state index in [0.29, 0.717) is 24.4 Å². The molecule has 0 aliphatic heterocycles. The summed E-state index contributed by atoms with van der Waals surface area (Å²) in [4.78, 5) is 21.3. The molecule has 0 aliphatic rings. The molecule has 4 heteroatoms. The van der Waals surface area contributed by atoms with Gasteiger partial charge in [0.05, 0.1) is 6.61 Å². The first-order valence-electron chi connectivity index (χ1n) is 6.40. The van der Waals surface area contributed by atoms with Crippen molar-refractivity contribution < 1.29 is 13.9 Å². The van der Waals surface area contributed by atoms with Crippen LogP contribution in [-0.4, -0.2) is 12.9 Å². The molecule has 4 nitrogen and oxygen atoms in total. The molecule has 0 bridgehead atoms. The Bertz CT molecular complexity index is 600. The van der Waals surface area contributed by atoms with E-state index in [1.54, 1.807) is 12.1 Å². The molecule has 0 spiro atoms. The number of aldehydes is 1. The summed E-state index contributed by atoms with van der Waals surface area (Å²) in [6.07, 6.45) is 4.33. The Morgan fingerprint density at radius 2 is 1.95 bits per heavy atom. The van der Waals surface area contributed by atoms with Gasteiger partial charge in [-0.3, -0.25) is 0 Å². The van der Waals surface area contributed by atoms with Gasteiger partial charge in [0.1, 0.15) is 17.6 Å². The summed E-state index contributed by atoms with van der Waals surface area (Å²) in [7, 11) is 0. The lowest BCUT2D eigenvalue weighted by Gasteiger charge is -2.06. The quantitative estimate of drug-likeness (QED) is 0.436. The summed E-state index contributed by atoms with van der Waals surface area (Å²) in [6, 6.07) is 8.57. The minimum absolute atomic E-state index is 0.362. The lowest BCUT2D eigenvalue weighted by molar-refractivity contribution is -0.107. The second-order valence-electron chi connectivity index (χ2n) is 4.32. The van der Waals surface area contributed by atoms with E-state index in [1.807, 2.05) is 12.1 Å². The van der Waals surface area contributed by atoms with Crippen molar-refractivity contribution in [1.82, 2.24) is 0 Å². The molecule has 0 saturated carbocycles. The molecule has 100 valence electrons. The SMILES string of the molecule is O=CCCCCCOc1ccc2ccc(=O)oc2c1. The molecule has 0 fully saturated rings. The van der Waals surface area contributed by atoms with E-state index >= 15 is 0 Å². The Morgan fingerprint density at radius 3 is 2.79 bits per heavy atom. The second kappa shape index (κ2) is 6.73. The maximum atomic E-state index is 11.1. The van der Waals surface area contributed by atoms with Gasteiger partial charge < -0.3 is 13.9 Å². The molecule has 2 rings (SSSR count). The van der Waals surface area contributed by atoms with Crippen molar-refractivity contribution in [3.8, 4) is 5.75 Å². The predicted octanol–water partition coefficient (Wildman–Crippen LogP) is 2.93. The van der Waals surface area contributed by atoms with Crippen LogP contribution in [0.3, 0.4) is 0 Å². The zero-order chi connectivity index (χ0) is 13.5. The smallest absolute Gasteiger partial charge is 0.336 e. The van der Waals surface area contributed by atoms with Crippen LogP contribution in [0.5, 0.6) is 5.75 Å². The molecule has 1 aromatic carbocycles. The zero-order valence-corrected chi connectivity index (χ0v) is 10.6. The Balaban J connectivity index is 1.90. The number of ether oxygens (including phenoxy) is 1. The molecule has 0 saturated heterocycles. The Labute approximate surface area is 111 Å². The monoisotopic (exact) mass is 260 g/mol. The Kier molecular flexibility index (Phi) is 4.72. The molecule has 2 aromatic rings. The van der Waals surface area contributed by atoms with Crippen molar-refractivity contribution in [3.05, 3.63) is 40.8 Å². The fourth-order valence-electron chi connectivity index (χ4n) is 1.83. The largest absolute Gasteiger partial charge is 0.493 e. The van der Waals surface area contributed by atoms with Gasteiger partial charge in [0.15, 0.2) is 0 Å². The van der Waals surface area contributed by atoms with Crippen LogP contribution in [0.2, 0.25) is 0 Å². The summed E-state index contributed by atoms with van der Waals surface area (Å²) in [5, 5.41) is 0.873. The third-order valence-electron chi connectivity index (χ3n) is 2.83. The van der Waals surface area contributed by atoms with E-state index < -0.39 is 0 Å². The maximum Gasteiger partial charge on any atom is 0.336 e. The molecular weight excluding hydrogens is 244 g/mol. The van der Waals surface area contributed by atoms with Gasteiger partial charge >= 0.3 is 5.63 Å². The van der Waals surface area contributed by atoms with E-state index in [-0.39, 0.29) is 5.63 Å². The highest BCUT2D eigenvalue weighted by molar-refractivity contribution is 5.77. The number of hydrogen-bond donors (Lipinski definition) is 0. The van der Waals surface area contributed by atoms with Gasteiger partial charge in [-0.05, 0) is 37.5 Å². The van der Waals surface area contributed by atoms with Gasteiger partial charge in [-0.15, -0.1) is 0 Å². The fourth-order valence-corrected chi connectivity index (χ4v) is 1.83. The molecule has 1 aromatic heterocycles. The number of fused-ring (bicyclic) bond motifs is 1. The van der Waals surface area contributed by atoms with Crippen molar-refractivity contribution in [2.45, 2.75) is 25.7 Å². The Hall–Kier alpha value is -2.10. The Morgan fingerprint density at radius 1 is 1.11 bits per heavy atom. The molecular formula is C15H16O4. The molecule has 19 heavy (non-hydrogen) atoms. The van der Waals surface area contributed by atoms with Gasteiger partial charge in [-0.1, -0.05) is 0 Å².